The Morgan fingerprint density at radius 2 is 2.31 bits per heavy atom. The summed E-state index contributed by atoms with van der Waals surface area (Å²) in [7, 11) is 0. The van der Waals surface area contributed by atoms with E-state index in [0.29, 0.717) is 22.9 Å². The van der Waals surface area contributed by atoms with E-state index in [9.17, 15) is 4.79 Å². The highest BCUT2D eigenvalue weighted by Crippen LogP contribution is 2.30. The van der Waals surface area contributed by atoms with Gasteiger partial charge >= 0.3 is 0 Å². The zero-order chi connectivity index (χ0) is 18.1. The number of anilines is 1. The van der Waals surface area contributed by atoms with Gasteiger partial charge in [-0.15, -0.1) is 11.3 Å². The van der Waals surface area contributed by atoms with Gasteiger partial charge < -0.3 is 5.32 Å². The number of thiazole rings is 1. The maximum absolute atomic E-state index is 12.3. The number of aromatic nitrogens is 4. The Balaban J connectivity index is 1.45. The van der Waals surface area contributed by atoms with Crippen molar-refractivity contribution in [1.29, 1.82) is 0 Å². The summed E-state index contributed by atoms with van der Waals surface area (Å²) in [6.07, 6.45) is 3.58. The van der Waals surface area contributed by atoms with Crippen LogP contribution in [0.4, 0.5) is 5.13 Å². The van der Waals surface area contributed by atoms with Crippen LogP contribution < -0.4 is 5.32 Å². The molecule has 2 aromatic heterocycles. The molecule has 1 amide bonds. The first kappa shape index (κ1) is 17.1. The molecule has 4 rings (SSSR count). The summed E-state index contributed by atoms with van der Waals surface area (Å²) in [6.45, 7) is 2.50. The van der Waals surface area contributed by atoms with E-state index in [0.717, 1.165) is 35.5 Å². The molecule has 2 N–H and O–H groups in total. The summed E-state index contributed by atoms with van der Waals surface area (Å²) in [6, 6.07) is 8.07. The maximum atomic E-state index is 12.3. The number of benzene rings is 1. The molecule has 2 heterocycles. The number of hydrogen-bond acceptors (Lipinski definition) is 5. The smallest absolute Gasteiger partial charge is 0.227 e. The van der Waals surface area contributed by atoms with Crippen molar-refractivity contribution < 1.29 is 4.79 Å². The monoisotopic (exact) mass is 385 g/mol. The Morgan fingerprint density at radius 3 is 3.12 bits per heavy atom. The first-order valence-electron chi connectivity index (χ1n) is 8.61. The highest BCUT2D eigenvalue weighted by molar-refractivity contribution is 7.71. The van der Waals surface area contributed by atoms with Crippen LogP contribution in [0.1, 0.15) is 29.0 Å². The highest BCUT2D eigenvalue weighted by atomic mass is 32.1. The zero-order valence-corrected chi connectivity index (χ0v) is 16.0. The number of nitrogens with one attached hydrogen (secondary N) is 2. The van der Waals surface area contributed by atoms with E-state index in [2.05, 4.69) is 26.6 Å². The number of H-pyrrole nitrogens is 1. The first-order chi connectivity index (χ1) is 12.6. The number of nitrogens with zero attached hydrogens (tertiary/aromatic N) is 3. The third-order valence-electron chi connectivity index (χ3n) is 4.44. The van der Waals surface area contributed by atoms with E-state index in [-0.39, 0.29) is 5.91 Å². The van der Waals surface area contributed by atoms with Crippen LogP contribution in [0, 0.1) is 11.7 Å². The van der Waals surface area contributed by atoms with Gasteiger partial charge in [0, 0.05) is 23.4 Å². The number of carbonyl (C=O) groups excluding carboxylic acids is 1. The van der Waals surface area contributed by atoms with Crippen molar-refractivity contribution in [2.75, 3.05) is 5.32 Å². The molecule has 8 heteroatoms. The van der Waals surface area contributed by atoms with Crippen LogP contribution in [0.3, 0.4) is 0 Å². The van der Waals surface area contributed by atoms with Gasteiger partial charge in [-0.25, -0.2) is 4.98 Å². The van der Waals surface area contributed by atoms with Gasteiger partial charge in [0.15, 0.2) is 15.7 Å². The van der Waals surface area contributed by atoms with Gasteiger partial charge in [-0.3, -0.25) is 14.5 Å². The molecule has 0 fully saturated rings. The van der Waals surface area contributed by atoms with Crippen molar-refractivity contribution in [3.05, 3.63) is 45.2 Å². The molecule has 1 aliphatic rings. The molecular weight excluding hydrogens is 366 g/mol. The molecule has 0 spiro atoms. The summed E-state index contributed by atoms with van der Waals surface area (Å²) in [5.74, 6) is 0.690. The van der Waals surface area contributed by atoms with Gasteiger partial charge in [0.2, 0.25) is 5.91 Å². The molecule has 134 valence electrons. The molecular formula is C18H19N5OS2. The lowest BCUT2D eigenvalue weighted by Gasteiger charge is -2.07. The fourth-order valence-corrected chi connectivity index (χ4v) is 4.46. The van der Waals surface area contributed by atoms with Gasteiger partial charge in [0.25, 0.3) is 0 Å². The summed E-state index contributed by atoms with van der Waals surface area (Å²) < 4.78 is 2.38. The highest BCUT2D eigenvalue weighted by Gasteiger charge is 2.18. The van der Waals surface area contributed by atoms with Gasteiger partial charge in [0.1, 0.15) is 0 Å². The Labute approximate surface area is 160 Å². The average molecular weight is 386 g/mol. The number of aromatic amines is 1. The van der Waals surface area contributed by atoms with Gasteiger partial charge in [0.05, 0.1) is 5.69 Å². The number of fused-ring (bicyclic) bond motifs is 1. The van der Waals surface area contributed by atoms with E-state index < -0.39 is 0 Å². The van der Waals surface area contributed by atoms with Crippen LogP contribution in [0.5, 0.6) is 0 Å². The third-order valence-corrected chi connectivity index (χ3v) is 5.82. The second kappa shape index (κ2) is 7.13. The second-order valence-electron chi connectivity index (χ2n) is 6.41. The Morgan fingerprint density at radius 1 is 1.42 bits per heavy atom. The average Bonchev–Trinajstić information content (AvgIpc) is 3.28. The van der Waals surface area contributed by atoms with E-state index in [1.807, 2.05) is 29.7 Å². The normalized spacial score (nSPS) is 13.0. The summed E-state index contributed by atoms with van der Waals surface area (Å²) in [5.41, 5.74) is 3.27. The first-order valence-corrected chi connectivity index (χ1v) is 9.83. The fraction of sp³-hybridized carbons (Fsp3) is 0.333. The van der Waals surface area contributed by atoms with Crippen LogP contribution in [-0.4, -0.2) is 25.7 Å². The standard InChI is InChI=1S/C18H19N5OS2/c1-11-4-2-5-12(10-11)16-21-22-18(25)23(16)9-8-15(24)20-17-19-13-6-3-7-14(13)26-17/h2,4-5,10H,3,6-9H2,1H3,(H,22,25)(H,19,20,24). The van der Waals surface area contributed by atoms with Gasteiger partial charge in [-0.1, -0.05) is 23.8 Å². The summed E-state index contributed by atoms with van der Waals surface area (Å²) >= 11 is 6.92. The van der Waals surface area contributed by atoms with Crippen molar-refractivity contribution >= 4 is 34.6 Å². The molecule has 1 aliphatic carbocycles. The lowest BCUT2D eigenvalue weighted by atomic mass is 10.1. The number of amides is 1. The quantitative estimate of drug-likeness (QED) is 0.654. The molecule has 1 aromatic carbocycles. The van der Waals surface area contributed by atoms with Crippen LogP contribution in [0.2, 0.25) is 0 Å². The number of rotatable bonds is 5. The number of hydrogen-bond donors (Lipinski definition) is 2. The van der Waals surface area contributed by atoms with Crippen molar-refractivity contribution in [3.63, 3.8) is 0 Å². The maximum Gasteiger partial charge on any atom is 0.227 e. The number of carbonyl (C=O) groups is 1. The summed E-state index contributed by atoms with van der Waals surface area (Å²) in [5, 5.41) is 10.8. The minimum absolute atomic E-state index is 0.0595. The Bertz CT molecular complexity index is 995. The fourth-order valence-electron chi connectivity index (χ4n) is 3.17. The van der Waals surface area contributed by atoms with Crippen LogP contribution in [0.25, 0.3) is 11.4 Å². The predicted molar refractivity (Wildman–Crippen MR) is 105 cm³/mol. The van der Waals surface area contributed by atoms with Gasteiger partial charge in [-0.05, 0) is 44.5 Å². The lowest BCUT2D eigenvalue weighted by molar-refractivity contribution is -0.116. The largest absolute Gasteiger partial charge is 0.302 e. The summed E-state index contributed by atoms with van der Waals surface area (Å²) in [4.78, 5) is 18.1. The SMILES string of the molecule is Cc1cccc(-c2n[nH]c(=S)n2CCC(=O)Nc2nc3c(s2)CCC3)c1. The third kappa shape index (κ3) is 3.47. The van der Waals surface area contributed by atoms with Crippen molar-refractivity contribution in [2.24, 2.45) is 0 Å². The molecule has 0 atom stereocenters. The molecule has 6 nitrogen and oxygen atoms in total. The molecule has 0 saturated carbocycles. The topological polar surface area (TPSA) is 75.6 Å². The van der Waals surface area contributed by atoms with Crippen LogP contribution >= 0.6 is 23.6 Å². The molecule has 3 aromatic rings. The second-order valence-corrected chi connectivity index (χ2v) is 7.88. The van der Waals surface area contributed by atoms with Crippen LogP contribution in [-0.2, 0) is 24.2 Å². The molecule has 26 heavy (non-hydrogen) atoms. The van der Waals surface area contributed by atoms with Crippen molar-refractivity contribution in [3.8, 4) is 11.4 Å². The molecule has 0 bridgehead atoms. The molecule has 0 saturated heterocycles. The van der Waals surface area contributed by atoms with E-state index >= 15 is 0 Å². The minimum Gasteiger partial charge on any atom is -0.302 e. The minimum atomic E-state index is -0.0595. The molecule has 0 aliphatic heterocycles. The number of aryl methyl sites for hydroxylation is 3. The van der Waals surface area contributed by atoms with Crippen molar-refractivity contribution in [1.82, 2.24) is 19.7 Å². The molecule has 0 unspecified atom stereocenters. The van der Waals surface area contributed by atoms with Crippen LogP contribution in [0.15, 0.2) is 24.3 Å². The van der Waals surface area contributed by atoms with Gasteiger partial charge in [-0.2, -0.15) is 5.10 Å². The molecule has 0 radical (unpaired) electrons. The Kier molecular flexibility index (Phi) is 4.69. The van der Waals surface area contributed by atoms with E-state index in [1.54, 1.807) is 11.3 Å². The predicted octanol–water partition coefficient (Wildman–Crippen LogP) is 3.89. The lowest BCUT2D eigenvalue weighted by Crippen LogP contribution is -2.15. The van der Waals surface area contributed by atoms with Crippen molar-refractivity contribution in [2.45, 2.75) is 39.2 Å². The van der Waals surface area contributed by atoms with E-state index in [1.165, 1.54) is 11.3 Å². The zero-order valence-electron chi connectivity index (χ0n) is 14.4. The Hall–Kier alpha value is -2.32. The van der Waals surface area contributed by atoms with E-state index in [4.69, 9.17) is 12.2 Å².